The van der Waals surface area contributed by atoms with Gasteiger partial charge >= 0.3 is 0 Å². The Morgan fingerprint density at radius 3 is 2.53 bits per heavy atom. The summed E-state index contributed by atoms with van der Waals surface area (Å²) in [7, 11) is -2.98. The molecular formula is C15H24O3S. The first-order valence-corrected chi connectivity index (χ1v) is 8.52. The van der Waals surface area contributed by atoms with Gasteiger partial charge in [0.2, 0.25) is 0 Å². The Morgan fingerprint density at radius 2 is 2.05 bits per heavy atom. The standard InChI is InChI=1S/C15H24O3S/c1-11(2)14(16)7-5-12(3)6-8-15-13(4)9-10-19(15,17)18/h6,9,11,15H,5,7-8,10H2,1-4H3/b12-6+. The van der Waals surface area contributed by atoms with Gasteiger partial charge in [0.25, 0.3) is 0 Å². The van der Waals surface area contributed by atoms with Crippen LogP contribution < -0.4 is 0 Å². The molecule has 0 aromatic heterocycles. The molecule has 0 fully saturated rings. The predicted octanol–water partition coefficient (Wildman–Crippen LogP) is 3.07. The van der Waals surface area contributed by atoms with E-state index in [0.717, 1.165) is 17.6 Å². The van der Waals surface area contributed by atoms with E-state index in [2.05, 4.69) is 0 Å². The zero-order valence-electron chi connectivity index (χ0n) is 12.3. The minimum absolute atomic E-state index is 0.0770. The summed E-state index contributed by atoms with van der Waals surface area (Å²) in [5, 5.41) is -0.358. The van der Waals surface area contributed by atoms with E-state index < -0.39 is 9.84 Å². The Morgan fingerprint density at radius 1 is 1.42 bits per heavy atom. The van der Waals surface area contributed by atoms with Gasteiger partial charge in [-0.1, -0.05) is 37.1 Å². The van der Waals surface area contributed by atoms with Crippen LogP contribution in [0.5, 0.6) is 0 Å². The summed E-state index contributed by atoms with van der Waals surface area (Å²) < 4.78 is 23.6. The van der Waals surface area contributed by atoms with Crippen molar-refractivity contribution in [1.29, 1.82) is 0 Å². The fourth-order valence-electron chi connectivity index (χ4n) is 2.13. The van der Waals surface area contributed by atoms with Gasteiger partial charge < -0.3 is 0 Å². The lowest BCUT2D eigenvalue weighted by Gasteiger charge is -2.10. The van der Waals surface area contributed by atoms with E-state index in [0.29, 0.717) is 12.8 Å². The molecule has 1 heterocycles. The lowest BCUT2D eigenvalue weighted by atomic mass is 10.0. The maximum absolute atomic E-state index is 11.8. The van der Waals surface area contributed by atoms with Gasteiger partial charge in [0.05, 0.1) is 11.0 Å². The molecule has 1 unspecified atom stereocenters. The van der Waals surface area contributed by atoms with Gasteiger partial charge in [0, 0.05) is 12.3 Å². The molecule has 3 nitrogen and oxygen atoms in total. The molecule has 0 saturated heterocycles. The van der Waals surface area contributed by atoms with Crippen molar-refractivity contribution in [3.8, 4) is 0 Å². The average Bonchev–Trinajstić information content (AvgIpc) is 2.58. The highest BCUT2D eigenvalue weighted by Gasteiger charge is 2.30. The second kappa shape index (κ2) is 6.51. The quantitative estimate of drug-likeness (QED) is 0.704. The van der Waals surface area contributed by atoms with Crippen molar-refractivity contribution in [3.63, 3.8) is 0 Å². The second-order valence-corrected chi connectivity index (χ2v) is 7.90. The van der Waals surface area contributed by atoms with Gasteiger partial charge in [-0.25, -0.2) is 8.42 Å². The molecule has 1 aliphatic heterocycles. The van der Waals surface area contributed by atoms with E-state index in [1.807, 2.05) is 33.8 Å². The van der Waals surface area contributed by atoms with Crippen molar-refractivity contribution in [2.24, 2.45) is 5.92 Å². The number of hydrogen-bond donors (Lipinski definition) is 0. The normalized spacial score (nSPS) is 22.7. The predicted molar refractivity (Wildman–Crippen MR) is 78.8 cm³/mol. The van der Waals surface area contributed by atoms with Crippen LogP contribution in [-0.2, 0) is 14.6 Å². The SMILES string of the molecule is CC1=CCS(=O)(=O)C1C/C=C(\C)CCC(=O)C(C)C. The van der Waals surface area contributed by atoms with Crippen molar-refractivity contribution in [2.75, 3.05) is 5.75 Å². The molecule has 0 N–H and O–H groups in total. The first-order chi connectivity index (χ1) is 8.74. The van der Waals surface area contributed by atoms with Crippen molar-refractivity contribution < 1.29 is 13.2 Å². The summed E-state index contributed by atoms with van der Waals surface area (Å²) in [5.74, 6) is 0.507. The topological polar surface area (TPSA) is 51.2 Å². The molecule has 4 heteroatoms. The third-order valence-corrected chi connectivity index (χ3v) is 5.73. The van der Waals surface area contributed by atoms with Crippen molar-refractivity contribution in [3.05, 3.63) is 23.3 Å². The number of carbonyl (C=O) groups excluding carboxylic acids is 1. The smallest absolute Gasteiger partial charge is 0.160 e. The minimum atomic E-state index is -2.98. The van der Waals surface area contributed by atoms with Gasteiger partial charge in [0.15, 0.2) is 9.84 Å². The van der Waals surface area contributed by atoms with Crippen LogP contribution >= 0.6 is 0 Å². The summed E-state index contributed by atoms with van der Waals surface area (Å²) >= 11 is 0. The molecule has 108 valence electrons. The van der Waals surface area contributed by atoms with Crippen LogP contribution in [0.3, 0.4) is 0 Å². The maximum Gasteiger partial charge on any atom is 0.160 e. The number of sulfone groups is 1. The third kappa shape index (κ3) is 4.60. The largest absolute Gasteiger partial charge is 0.299 e. The Balaban J connectivity index is 2.53. The molecule has 0 radical (unpaired) electrons. The minimum Gasteiger partial charge on any atom is -0.299 e. The number of rotatable bonds is 6. The summed E-state index contributed by atoms with van der Waals surface area (Å²) in [5.41, 5.74) is 2.05. The zero-order chi connectivity index (χ0) is 14.6. The van der Waals surface area contributed by atoms with E-state index in [1.165, 1.54) is 0 Å². The van der Waals surface area contributed by atoms with Gasteiger partial charge in [-0.05, 0) is 26.7 Å². The first-order valence-electron chi connectivity index (χ1n) is 6.80. The zero-order valence-corrected chi connectivity index (χ0v) is 13.1. The number of ketones is 1. The number of hydrogen-bond acceptors (Lipinski definition) is 3. The van der Waals surface area contributed by atoms with Crippen LogP contribution in [0.25, 0.3) is 0 Å². The fraction of sp³-hybridized carbons (Fsp3) is 0.667. The van der Waals surface area contributed by atoms with Crippen LogP contribution in [0, 0.1) is 5.92 Å². The summed E-state index contributed by atoms with van der Waals surface area (Å²) in [6, 6.07) is 0. The molecule has 19 heavy (non-hydrogen) atoms. The Bertz CT molecular complexity index is 495. The van der Waals surface area contributed by atoms with Gasteiger partial charge in [-0.3, -0.25) is 4.79 Å². The van der Waals surface area contributed by atoms with Crippen molar-refractivity contribution >= 4 is 15.6 Å². The van der Waals surface area contributed by atoms with E-state index >= 15 is 0 Å². The summed E-state index contributed by atoms with van der Waals surface area (Å²) in [6.45, 7) is 7.65. The summed E-state index contributed by atoms with van der Waals surface area (Å²) in [6.07, 6.45) is 5.58. The van der Waals surface area contributed by atoms with Crippen LogP contribution in [0.4, 0.5) is 0 Å². The highest BCUT2D eigenvalue weighted by Crippen LogP contribution is 2.24. The van der Waals surface area contributed by atoms with Crippen LogP contribution in [-0.4, -0.2) is 25.2 Å². The van der Waals surface area contributed by atoms with Gasteiger partial charge in [-0.2, -0.15) is 0 Å². The molecule has 1 aliphatic rings. The van der Waals surface area contributed by atoms with Crippen molar-refractivity contribution in [1.82, 2.24) is 0 Å². The fourth-order valence-corrected chi connectivity index (χ4v) is 3.91. The average molecular weight is 284 g/mol. The molecule has 0 bridgehead atoms. The van der Waals surface area contributed by atoms with Gasteiger partial charge in [0.1, 0.15) is 5.78 Å². The lowest BCUT2D eigenvalue weighted by Crippen LogP contribution is -2.18. The Labute approximate surface area is 116 Å². The molecule has 1 rings (SSSR count). The Hall–Kier alpha value is -0.900. The molecule has 0 aromatic carbocycles. The number of Topliss-reactive ketones (excluding diaryl/α,β-unsaturated/α-hetero) is 1. The molecule has 0 saturated carbocycles. The Kier molecular flexibility index (Phi) is 5.53. The monoisotopic (exact) mass is 284 g/mol. The third-order valence-electron chi connectivity index (χ3n) is 3.67. The van der Waals surface area contributed by atoms with E-state index in [4.69, 9.17) is 0 Å². The van der Waals surface area contributed by atoms with Crippen LogP contribution in [0.15, 0.2) is 23.3 Å². The van der Waals surface area contributed by atoms with Crippen molar-refractivity contribution in [2.45, 2.75) is 52.2 Å². The van der Waals surface area contributed by atoms with E-state index in [-0.39, 0.29) is 22.7 Å². The number of allylic oxidation sites excluding steroid dienone is 2. The molecular weight excluding hydrogens is 260 g/mol. The highest BCUT2D eigenvalue weighted by molar-refractivity contribution is 7.92. The van der Waals surface area contributed by atoms with Crippen LogP contribution in [0.2, 0.25) is 0 Å². The van der Waals surface area contributed by atoms with Gasteiger partial charge in [-0.15, -0.1) is 0 Å². The van der Waals surface area contributed by atoms with E-state index in [9.17, 15) is 13.2 Å². The molecule has 0 spiro atoms. The lowest BCUT2D eigenvalue weighted by molar-refractivity contribution is -0.121. The molecule has 0 aliphatic carbocycles. The molecule has 0 aromatic rings. The maximum atomic E-state index is 11.8. The first kappa shape index (κ1) is 16.2. The molecule has 1 atom stereocenters. The summed E-state index contributed by atoms with van der Waals surface area (Å²) in [4.78, 5) is 11.5. The number of carbonyl (C=O) groups is 1. The molecule has 0 amide bonds. The van der Waals surface area contributed by atoms with Crippen LogP contribution in [0.1, 0.15) is 47.0 Å². The van der Waals surface area contributed by atoms with E-state index in [1.54, 1.807) is 6.08 Å². The second-order valence-electron chi connectivity index (χ2n) is 5.67. The highest BCUT2D eigenvalue weighted by atomic mass is 32.2.